The highest BCUT2D eigenvalue weighted by molar-refractivity contribution is 5.51. The van der Waals surface area contributed by atoms with E-state index in [2.05, 4.69) is 28.4 Å². The lowest BCUT2D eigenvalue weighted by Crippen LogP contribution is -2.51. The summed E-state index contributed by atoms with van der Waals surface area (Å²) in [5, 5.41) is 3.64. The average Bonchev–Trinajstić information content (AvgIpc) is 3.23. The van der Waals surface area contributed by atoms with E-state index in [1.807, 2.05) is 6.07 Å². The second kappa shape index (κ2) is 4.57. The number of hydrogen-bond donors (Lipinski definition) is 1. The molecule has 1 saturated carbocycles. The van der Waals surface area contributed by atoms with Crippen LogP contribution in [0.2, 0.25) is 0 Å². The minimum Gasteiger partial charge on any atom is -0.497 e. The number of nitrogens with zero attached hydrogens (tertiary/aromatic N) is 1. The Morgan fingerprint density at radius 1 is 1.35 bits per heavy atom. The molecule has 17 heavy (non-hydrogen) atoms. The number of ether oxygens (including phenoxy) is 1. The van der Waals surface area contributed by atoms with Crippen molar-refractivity contribution in [2.45, 2.75) is 18.9 Å². The summed E-state index contributed by atoms with van der Waals surface area (Å²) < 4.78 is 5.29. The van der Waals surface area contributed by atoms with Crippen molar-refractivity contribution in [3.63, 3.8) is 0 Å². The van der Waals surface area contributed by atoms with Crippen LogP contribution in [0.5, 0.6) is 5.75 Å². The first kappa shape index (κ1) is 10.9. The van der Waals surface area contributed by atoms with Gasteiger partial charge in [0.2, 0.25) is 0 Å². The van der Waals surface area contributed by atoms with Gasteiger partial charge in [-0.05, 0) is 30.9 Å². The maximum absolute atomic E-state index is 5.29. The van der Waals surface area contributed by atoms with Gasteiger partial charge in [-0.1, -0.05) is 6.07 Å². The molecule has 1 aliphatic heterocycles. The second-order valence-corrected chi connectivity index (χ2v) is 5.05. The van der Waals surface area contributed by atoms with Gasteiger partial charge < -0.3 is 15.0 Å². The molecular weight excluding hydrogens is 212 g/mol. The zero-order valence-corrected chi connectivity index (χ0v) is 10.4. The van der Waals surface area contributed by atoms with E-state index in [1.54, 1.807) is 7.11 Å². The summed E-state index contributed by atoms with van der Waals surface area (Å²) in [7, 11) is 1.73. The maximum Gasteiger partial charge on any atom is 0.120 e. The molecule has 1 unspecified atom stereocenters. The van der Waals surface area contributed by atoms with Gasteiger partial charge in [0, 0.05) is 37.4 Å². The molecule has 1 aromatic carbocycles. The molecule has 3 heteroatoms. The Labute approximate surface area is 103 Å². The van der Waals surface area contributed by atoms with E-state index in [0.29, 0.717) is 6.04 Å². The molecule has 2 aliphatic rings. The van der Waals surface area contributed by atoms with E-state index in [4.69, 9.17) is 4.74 Å². The highest BCUT2D eigenvalue weighted by Gasteiger charge is 2.33. The normalized spacial score (nSPS) is 24.8. The monoisotopic (exact) mass is 232 g/mol. The number of hydrogen-bond acceptors (Lipinski definition) is 3. The van der Waals surface area contributed by atoms with Crippen molar-refractivity contribution in [1.29, 1.82) is 0 Å². The lowest BCUT2D eigenvalue weighted by atomic mass is 10.1. The molecule has 0 radical (unpaired) electrons. The molecule has 1 aromatic rings. The first-order valence-electron chi connectivity index (χ1n) is 6.49. The lowest BCUT2D eigenvalue weighted by molar-refractivity contribution is 0.410. The van der Waals surface area contributed by atoms with Gasteiger partial charge in [0.15, 0.2) is 0 Å². The molecule has 1 heterocycles. The van der Waals surface area contributed by atoms with Gasteiger partial charge >= 0.3 is 0 Å². The molecule has 0 aromatic heterocycles. The Kier molecular flexibility index (Phi) is 2.93. The summed E-state index contributed by atoms with van der Waals surface area (Å²) in [5.41, 5.74) is 1.29. The van der Waals surface area contributed by atoms with E-state index < -0.39 is 0 Å². The second-order valence-electron chi connectivity index (χ2n) is 5.05. The van der Waals surface area contributed by atoms with Gasteiger partial charge in [0.25, 0.3) is 0 Å². The summed E-state index contributed by atoms with van der Waals surface area (Å²) in [4.78, 5) is 2.47. The summed E-state index contributed by atoms with van der Waals surface area (Å²) in [6.07, 6.45) is 2.81. The van der Waals surface area contributed by atoms with E-state index >= 15 is 0 Å². The largest absolute Gasteiger partial charge is 0.497 e. The highest BCUT2D eigenvalue weighted by atomic mass is 16.5. The third-order valence-electron chi connectivity index (χ3n) is 3.81. The first-order valence-corrected chi connectivity index (χ1v) is 6.49. The molecule has 0 bridgehead atoms. The van der Waals surface area contributed by atoms with E-state index in [1.165, 1.54) is 18.5 Å². The van der Waals surface area contributed by atoms with Crippen molar-refractivity contribution >= 4 is 5.69 Å². The van der Waals surface area contributed by atoms with E-state index in [-0.39, 0.29) is 0 Å². The Morgan fingerprint density at radius 3 is 3.00 bits per heavy atom. The van der Waals surface area contributed by atoms with Crippen molar-refractivity contribution in [1.82, 2.24) is 5.32 Å². The zero-order valence-electron chi connectivity index (χ0n) is 10.4. The van der Waals surface area contributed by atoms with E-state index in [9.17, 15) is 0 Å². The van der Waals surface area contributed by atoms with Crippen molar-refractivity contribution in [2.75, 3.05) is 31.6 Å². The number of methoxy groups -OCH3 is 1. The summed E-state index contributed by atoms with van der Waals surface area (Å²) in [6.45, 7) is 3.33. The lowest BCUT2D eigenvalue weighted by Gasteiger charge is -2.35. The number of nitrogens with one attached hydrogen (secondary N) is 1. The van der Waals surface area contributed by atoms with Gasteiger partial charge in [-0.15, -0.1) is 0 Å². The Bertz CT molecular complexity index is 390. The fourth-order valence-electron chi connectivity index (χ4n) is 2.63. The third kappa shape index (κ3) is 2.39. The Balaban J connectivity index is 1.73. The molecule has 3 rings (SSSR count). The molecule has 1 saturated heterocycles. The fraction of sp³-hybridized carbons (Fsp3) is 0.571. The molecule has 92 valence electrons. The van der Waals surface area contributed by atoms with Crippen LogP contribution in [0.15, 0.2) is 24.3 Å². The van der Waals surface area contributed by atoms with Crippen molar-refractivity contribution < 1.29 is 4.74 Å². The van der Waals surface area contributed by atoms with Gasteiger partial charge in [0.05, 0.1) is 7.11 Å². The molecule has 1 atom stereocenters. The zero-order chi connectivity index (χ0) is 11.7. The molecule has 0 spiro atoms. The van der Waals surface area contributed by atoms with Gasteiger partial charge in [-0.3, -0.25) is 0 Å². The molecular formula is C14H20N2O. The van der Waals surface area contributed by atoms with Crippen LogP contribution in [0.4, 0.5) is 5.69 Å². The van der Waals surface area contributed by atoms with Crippen molar-refractivity contribution in [2.24, 2.45) is 5.92 Å². The third-order valence-corrected chi connectivity index (χ3v) is 3.81. The minimum atomic E-state index is 0.690. The maximum atomic E-state index is 5.29. The summed E-state index contributed by atoms with van der Waals surface area (Å²) >= 11 is 0. The summed E-state index contributed by atoms with van der Waals surface area (Å²) in [5.74, 6) is 1.87. The van der Waals surface area contributed by atoms with Crippen LogP contribution in [0.3, 0.4) is 0 Å². The average molecular weight is 232 g/mol. The van der Waals surface area contributed by atoms with Crippen LogP contribution < -0.4 is 15.0 Å². The van der Waals surface area contributed by atoms with Crippen molar-refractivity contribution in [3.05, 3.63) is 24.3 Å². The molecule has 1 aliphatic carbocycles. The molecule has 0 amide bonds. The number of anilines is 1. The predicted molar refractivity (Wildman–Crippen MR) is 69.7 cm³/mol. The van der Waals surface area contributed by atoms with Crippen LogP contribution in [0.1, 0.15) is 12.8 Å². The standard InChI is InChI=1S/C14H20N2O/c1-17-13-4-2-3-12(9-13)16-8-7-15-14(10-16)11-5-6-11/h2-4,9,11,14-15H,5-8,10H2,1H3. The number of rotatable bonds is 3. The van der Waals surface area contributed by atoms with Crippen LogP contribution in [-0.2, 0) is 0 Å². The Hall–Kier alpha value is -1.22. The van der Waals surface area contributed by atoms with Gasteiger partial charge in [-0.2, -0.15) is 0 Å². The predicted octanol–water partition coefficient (Wildman–Crippen LogP) is 1.88. The SMILES string of the molecule is COc1cccc(N2CCNC(C3CC3)C2)c1. The number of piperazine rings is 1. The summed E-state index contributed by atoms with van der Waals surface area (Å²) in [6, 6.07) is 9.08. The minimum absolute atomic E-state index is 0.690. The Morgan fingerprint density at radius 2 is 2.24 bits per heavy atom. The fourth-order valence-corrected chi connectivity index (χ4v) is 2.63. The topological polar surface area (TPSA) is 24.5 Å². The highest BCUT2D eigenvalue weighted by Crippen LogP contribution is 2.34. The van der Waals surface area contributed by atoms with Crippen LogP contribution in [0.25, 0.3) is 0 Å². The van der Waals surface area contributed by atoms with E-state index in [0.717, 1.165) is 31.3 Å². The van der Waals surface area contributed by atoms with Crippen molar-refractivity contribution in [3.8, 4) is 5.75 Å². The van der Waals surface area contributed by atoms with Crippen LogP contribution in [0, 0.1) is 5.92 Å². The first-order chi connectivity index (χ1) is 8.36. The number of benzene rings is 1. The van der Waals surface area contributed by atoms with Gasteiger partial charge in [0.1, 0.15) is 5.75 Å². The van der Waals surface area contributed by atoms with Crippen LogP contribution >= 0.6 is 0 Å². The smallest absolute Gasteiger partial charge is 0.120 e. The molecule has 3 nitrogen and oxygen atoms in total. The van der Waals surface area contributed by atoms with Gasteiger partial charge in [-0.25, -0.2) is 0 Å². The molecule has 1 N–H and O–H groups in total. The quantitative estimate of drug-likeness (QED) is 0.861. The van der Waals surface area contributed by atoms with Crippen LogP contribution in [-0.4, -0.2) is 32.8 Å². The molecule has 2 fully saturated rings.